The molecule has 3 heteroatoms. The van der Waals surface area contributed by atoms with Gasteiger partial charge in [-0.2, -0.15) is 12.6 Å². The molecular weight excluding hydrogens is 242 g/mol. The van der Waals surface area contributed by atoms with Crippen molar-refractivity contribution in [3.8, 4) is 0 Å². The van der Waals surface area contributed by atoms with Crippen molar-refractivity contribution < 1.29 is 4.74 Å². The Morgan fingerprint density at radius 1 is 1.11 bits per heavy atom. The van der Waals surface area contributed by atoms with E-state index in [2.05, 4.69) is 31.4 Å². The third-order valence-electron chi connectivity index (χ3n) is 4.26. The number of hydrogen-bond donors (Lipinski definition) is 1. The molecule has 0 saturated heterocycles. The molecule has 18 heavy (non-hydrogen) atoms. The van der Waals surface area contributed by atoms with Crippen LogP contribution in [-0.4, -0.2) is 43.5 Å². The first kappa shape index (κ1) is 16.3. The van der Waals surface area contributed by atoms with Gasteiger partial charge < -0.3 is 9.64 Å². The van der Waals surface area contributed by atoms with Crippen LogP contribution in [-0.2, 0) is 4.74 Å². The predicted molar refractivity (Wildman–Crippen MR) is 82.6 cm³/mol. The zero-order valence-corrected chi connectivity index (χ0v) is 13.2. The highest BCUT2D eigenvalue weighted by molar-refractivity contribution is 7.80. The molecule has 0 radical (unpaired) electrons. The van der Waals surface area contributed by atoms with Crippen LogP contribution in [0, 0.1) is 5.41 Å². The Balaban J connectivity index is 2.46. The van der Waals surface area contributed by atoms with Crippen LogP contribution in [0.15, 0.2) is 0 Å². The van der Waals surface area contributed by atoms with Crippen LogP contribution < -0.4 is 0 Å². The van der Waals surface area contributed by atoms with E-state index in [0.29, 0.717) is 5.41 Å². The standard InChI is InChI=1S/C15H31NOS/c1-3-16(11-12-17-4-2)13-15(14-18)9-7-5-6-8-10-15/h18H,3-14H2,1-2H3. The molecule has 0 aliphatic heterocycles. The molecule has 0 aromatic rings. The minimum Gasteiger partial charge on any atom is -0.380 e. The Bertz CT molecular complexity index is 203. The fourth-order valence-corrected chi connectivity index (χ4v) is 3.42. The van der Waals surface area contributed by atoms with Crippen LogP contribution in [0.25, 0.3) is 0 Å². The van der Waals surface area contributed by atoms with E-state index in [4.69, 9.17) is 4.74 Å². The monoisotopic (exact) mass is 273 g/mol. The SMILES string of the molecule is CCOCCN(CC)CC1(CS)CCCCCC1. The maximum absolute atomic E-state index is 5.49. The van der Waals surface area contributed by atoms with Crippen molar-refractivity contribution in [1.82, 2.24) is 4.90 Å². The summed E-state index contributed by atoms with van der Waals surface area (Å²) in [6.45, 7) is 9.43. The van der Waals surface area contributed by atoms with E-state index in [1.807, 2.05) is 0 Å². The summed E-state index contributed by atoms with van der Waals surface area (Å²) >= 11 is 4.66. The normalized spacial score (nSPS) is 20.0. The summed E-state index contributed by atoms with van der Waals surface area (Å²) in [4.78, 5) is 2.55. The quantitative estimate of drug-likeness (QED) is 0.412. The van der Waals surface area contributed by atoms with Crippen LogP contribution >= 0.6 is 12.6 Å². The lowest BCUT2D eigenvalue weighted by Gasteiger charge is -2.36. The topological polar surface area (TPSA) is 12.5 Å². The van der Waals surface area contributed by atoms with Gasteiger partial charge >= 0.3 is 0 Å². The van der Waals surface area contributed by atoms with E-state index < -0.39 is 0 Å². The van der Waals surface area contributed by atoms with E-state index >= 15 is 0 Å². The third kappa shape index (κ3) is 5.50. The molecule has 0 aromatic carbocycles. The molecule has 0 aromatic heterocycles. The lowest BCUT2D eigenvalue weighted by atomic mass is 9.81. The number of thiol groups is 1. The highest BCUT2D eigenvalue weighted by atomic mass is 32.1. The average molecular weight is 273 g/mol. The smallest absolute Gasteiger partial charge is 0.0593 e. The maximum Gasteiger partial charge on any atom is 0.0593 e. The summed E-state index contributed by atoms with van der Waals surface area (Å²) in [7, 11) is 0. The van der Waals surface area contributed by atoms with Crippen LogP contribution in [0.5, 0.6) is 0 Å². The Morgan fingerprint density at radius 3 is 2.28 bits per heavy atom. The van der Waals surface area contributed by atoms with E-state index in [1.54, 1.807) is 0 Å². The van der Waals surface area contributed by atoms with Crippen molar-refractivity contribution in [1.29, 1.82) is 0 Å². The Kier molecular flexibility index (Phi) is 8.36. The molecule has 108 valence electrons. The molecule has 0 unspecified atom stereocenters. The summed E-state index contributed by atoms with van der Waals surface area (Å²) in [5.74, 6) is 1.04. The lowest BCUT2D eigenvalue weighted by molar-refractivity contribution is 0.0899. The molecule has 0 amide bonds. The molecule has 0 N–H and O–H groups in total. The number of hydrogen-bond acceptors (Lipinski definition) is 3. The molecular formula is C15H31NOS. The van der Waals surface area contributed by atoms with Gasteiger partial charge in [-0.15, -0.1) is 0 Å². The molecule has 1 aliphatic carbocycles. The van der Waals surface area contributed by atoms with Crippen LogP contribution in [0.3, 0.4) is 0 Å². The summed E-state index contributed by atoms with van der Waals surface area (Å²) in [6, 6.07) is 0. The predicted octanol–water partition coefficient (Wildman–Crippen LogP) is 3.62. The van der Waals surface area contributed by atoms with Gasteiger partial charge in [-0.1, -0.05) is 32.6 Å². The molecule has 0 heterocycles. The second kappa shape index (κ2) is 9.22. The molecule has 1 saturated carbocycles. The van der Waals surface area contributed by atoms with Crippen molar-refractivity contribution in [2.24, 2.45) is 5.41 Å². The fourth-order valence-electron chi connectivity index (χ4n) is 3.01. The van der Waals surface area contributed by atoms with Crippen LogP contribution in [0.1, 0.15) is 52.4 Å². The van der Waals surface area contributed by atoms with Gasteiger partial charge in [-0.3, -0.25) is 0 Å². The van der Waals surface area contributed by atoms with E-state index in [0.717, 1.165) is 32.1 Å². The van der Waals surface area contributed by atoms with Crippen molar-refractivity contribution in [2.75, 3.05) is 38.6 Å². The zero-order chi connectivity index (χ0) is 13.3. The maximum atomic E-state index is 5.49. The third-order valence-corrected chi connectivity index (χ3v) is 4.93. The second-order valence-electron chi connectivity index (χ2n) is 5.64. The summed E-state index contributed by atoms with van der Waals surface area (Å²) in [6.07, 6.45) is 8.34. The van der Waals surface area contributed by atoms with Gasteiger partial charge in [-0.25, -0.2) is 0 Å². The Hall–Kier alpha value is 0.270. The van der Waals surface area contributed by atoms with Gasteiger partial charge in [-0.05, 0) is 37.5 Å². The molecule has 2 nitrogen and oxygen atoms in total. The first-order valence-electron chi connectivity index (χ1n) is 7.67. The molecule has 0 spiro atoms. The Morgan fingerprint density at radius 2 is 1.78 bits per heavy atom. The van der Waals surface area contributed by atoms with Crippen molar-refractivity contribution in [2.45, 2.75) is 52.4 Å². The van der Waals surface area contributed by atoms with Gasteiger partial charge in [0.05, 0.1) is 6.61 Å². The molecule has 1 fully saturated rings. The van der Waals surface area contributed by atoms with Gasteiger partial charge in [0.15, 0.2) is 0 Å². The summed E-state index contributed by atoms with van der Waals surface area (Å²) < 4.78 is 5.49. The number of nitrogens with zero attached hydrogens (tertiary/aromatic N) is 1. The Labute approximate surface area is 119 Å². The number of likely N-dealkylation sites (N-methyl/N-ethyl adjacent to an activating group) is 1. The minimum atomic E-state index is 0.460. The highest BCUT2D eigenvalue weighted by Gasteiger charge is 2.31. The van der Waals surface area contributed by atoms with E-state index in [9.17, 15) is 0 Å². The van der Waals surface area contributed by atoms with Crippen LogP contribution in [0.4, 0.5) is 0 Å². The summed E-state index contributed by atoms with van der Waals surface area (Å²) in [5.41, 5.74) is 0.460. The van der Waals surface area contributed by atoms with Crippen molar-refractivity contribution >= 4 is 12.6 Å². The van der Waals surface area contributed by atoms with Crippen molar-refractivity contribution in [3.05, 3.63) is 0 Å². The van der Waals surface area contributed by atoms with E-state index in [1.165, 1.54) is 45.1 Å². The molecule has 0 bridgehead atoms. The molecule has 0 atom stereocenters. The fraction of sp³-hybridized carbons (Fsp3) is 1.00. The number of ether oxygens (including phenoxy) is 1. The largest absolute Gasteiger partial charge is 0.380 e. The van der Waals surface area contributed by atoms with Gasteiger partial charge in [0.1, 0.15) is 0 Å². The molecule has 1 aliphatic rings. The highest BCUT2D eigenvalue weighted by Crippen LogP contribution is 2.36. The van der Waals surface area contributed by atoms with Gasteiger partial charge in [0.2, 0.25) is 0 Å². The minimum absolute atomic E-state index is 0.460. The second-order valence-corrected chi connectivity index (χ2v) is 5.95. The zero-order valence-electron chi connectivity index (χ0n) is 12.3. The lowest BCUT2D eigenvalue weighted by Crippen LogP contribution is -2.40. The van der Waals surface area contributed by atoms with Crippen molar-refractivity contribution in [3.63, 3.8) is 0 Å². The van der Waals surface area contributed by atoms with E-state index in [-0.39, 0.29) is 0 Å². The summed E-state index contributed by atoms with van der Waals surface area (Å²) in [5, 5.41) is 0. The first-order chi connectivity index (χ1) is 8.76. The van der Waals surface area contributed by atoms with Gasteiger partial charge in [0.25, 0.3) is 0 Å². The first-order valence-corrected chi connectivity index (χ1v) is 8.30. The average Bonchev–Trinajstić information content (AvgIpc) is 2.64. The van der Waals surface area contributed by atoms with Crippen LogP contribution in [0.2, 0.25) is 0 Å². The number of rotatable bonds is 8. The van der Waals surface area contributed by atoms with Gasteiger partial charge in [0, 0.05) is 19.7 Å². The molecule has 1 rings (SSSR count).